The van der Waals surface area contributed by atoms with Gasteiger partial charge in [-0.1, -0.05) is 18.0 Å². The molecule has 0 spiro atoms. The first-order chi connectivity index (χ1) is 8.20. The molecule has 1 aromatic carbocycles. The Morgan fingerprint density at radius 3 is 2.76 bits per heavy atom. The first kappa shape index (κ1) is 12.7. The van der Waals surface area contributed by atoms with Crippen LogP contribution in [-0.2, 0) is 6.42 Å². The zero-order valence-electron chi connectivity index (χ0n) is 10.5. The molecule has 0 bridgehead atoms. The standard InChI is InChI=1S/C14H21ClN2/c1-17(10-11-3-2-4-11)14-6-5-13(15)9-12(14)7-8-16/h5-6,9,11H,2-4,7-8,10,16H2,1H3. The number of benzene rings is 1. The van der Waals surface area contributed by atoms with Crippen molar-refractivity contribution in [1.29, 1.82) is 0 Å². The van der Waals surface area contributed by atoms with Gasteiger partial charge in [0.15, 0.2) is 0 Å². The van der Waals surface area contributed by atoms with Crippen molar-refractivity contribution >= 4 is 17.3 Å². The van der Waals surface area contributed by atoms with E-state index in [2.05, 4.69) is 18.0 Å². The molecule has 1 aliphatic rings. The Labute approximate surface area is 109 Å². The first-order valence-corrected chi connectivity index (χ1v) is 6.78. The monoisotopic (exact) mass is 252 g/mol. The molecule has 0 atom stereocenters. The number of anilines is 1. The molecule has 2 rings (SSSR count). The lowest BCUT2D eigenvalue weighted by atomic mass is 9.85. The Kier molecular flexibility index (Phi) is 4.30. The quantitative estimate of drug-likeness (QED) is 0.873. The Morgan fingerprint density at radius 2 is 2.18 bits per heavy atom. The van der Waals surface area contributed by atoms with Crippen molar-refractivity contribution < 1.29 is 0 Å². The number of hydrogen-bond acceptors (Lipinski definition) is 2. The summed E-state index contributed by atoms with van der Waals surface area (Å²) in [6.45, 7) is 1.82. The van der Waals surface area contributed by atoms with Crippen molar-refractivity contribution in [3.8, 4) is 0 Å². The van der Waals surface area contributed by atoms with E-state index < -0.39 is 0 Å². The predicted octanol–water partition coefficient (Wildman–Crippen LogP) is 3.08. The molecule has 0 amide bonds. The fourth-order valence-corrected chi connectivity index (χ4v) is 2.64. The normalized spacial score (nSPS) is 15.7. The van der Waals surface area contributed by atoms with Gasteiger partial charge in [0.25, 0.3) is 0 Å². The molecule has 1 aliphatic carbocycles. The van der Waals surface area contributed by atoms with E-state index in [1.54, 1.807) is 0 Å². The van der Waals surface area contributed by atoms with Crippen molar-refractivity contribution in [2.45, 2.75) is 25.7 Å². The number of nitrogens with two attached hydrogens (primary N) is 1. The van der Waals surface area contributed by atoms with Gasteiger partial charge < -0.3 is 10.6 Å². The molecular formula is C14H21ClN2. The van der Waals surface area contributed by atoms with Gasteiger partial charge in [-0.25, -0.2) is 0 Å². The fourth-order valence-electron chi connectivity index (χ4n) is 2.44. The smallest absolute Gasteiger partial charge is 0.0410 e. The number of halogens is 1. The van der Waals surface area contributed by atoms with Crippen LogP contribution in [0.15, 0.2) is 18.2 Å². The summed E-state index contributed by atoms with van der Waals surface area (Å²) in [7, 11) is 2.17. The average Bonchev–Trinajstić information content (AvgIpc) is 2.24. The predicted molar refractivity (Wildman–Crippen MR) is 74.8 cm³/mol. The number of nitrogens with zero attached hydrogens (tertiary/aromatic N) is 1. The van der Waals surface area contributed by atoms with Crippen molar-refractivity contribution in [1.82, 2.24) is 0 Å². The minimum Gasteiger partial charge on any atom is -0.374 e. The molecule has 0 aliphatic heterocycles. The summed E-state index contributed by atoms with van der Waals surface area (Å²) in [6, 6.07) is 6.13. The van der Waals surface area contributed by atoms with E-state index >= 15 is 0 Å². The molecule has 0 saturated heterocycles. The van der Waals surface area contributed by atoms with E-state index in [1.165, 1.54) is 30.5 Å². The summed E-state index contributed by atoms with van der Waals surface area (Å²) < 4.78 is 0. The average molecular weight is 253 g/mol. The molecule has 1 fully saturated rings. The molecular weight excluding hydrogens is 232 g/mol. The highest BCUT2D eigenvalue weighted by atomic mass is 35.5. The maximum absolute atomic E-state index is 6.04. The second-order valence-corrected chi connectivity index (χ2v) is 5.43. The van der Waals surface area contributed by atoms with Gasteiger partial charge in [-0.15, -0.1) is 0 Å². The van der Waals surface area contributed by atoms with Gasteiger partial charge in [-0.2, -0.15) is 0 Å². The number of rotatable bonds is 5. The van der Waals surface area contributed by atoms with Gasteiger partial charge in [0.1, 0.15) is 0 Å². The fraction of sp³-hybridized carbons (Fsp3) is 0.571. The third kappa shape index (κ3) is 3.14. The van der Waals surface area contributed by atoms with Crippen molar-refractivity contribution in [3.05, 3.63) is 28.8 Å². The molecule has 2 nitrogen and oxygen atoms in total. The van der Waals surface area contributed by atoms with Crippen LogP contribution in [-0.4, -0.2) is 20.1 Å². The lowest BCUT2D eigenvalue weighted by Gasteiger charge is -2.32. The SMILES string of the molecule is CN(CC1CCC1)c1ccc(Cl)cc1CCN. The van der Waals surface area contributed by atoms with Crippen LogP contribution in [0.4, 0.5) is 5.69 Å². The van der Waals surface area contributed by atoms with Crippen LogP contribution in [0.25, 0.3) is 0 Å². The lowest BCUT2D eigenvalue weighted by molar-refractivity contribution is 0.321. The van der Waals surface area contributed by atoms with Gasteiger partial charge in [0.05, 0.1) is 0 Å². The molecule has 0 heterocycles. The van der Waals surface area contributed by atoms with E-state index in [9.17, 15) is 0 Å². The Bertz CT molecular complexity index is 374. The minimum atomic E-state index is 0.671. The van der Waals surface area contributed by atoms with Crippen LogP contribution in [0.2, 0.25) is 5.02 Å². The van der Waals surface area contributed by atoms with E-state index in [0.717, 1.165) is 23.9 Å². The van der Waals surface area contributed by atoms with Gasteiger partial charge >= 0.3 is 0 Å². The highest BCUT2D eigenvalue weighted by Gasteiger charge is 2.20. The second-order valence-electron chi connectivity index (χ2n) is 4.99. The zero-order chi connectivity index (χ0) is 12.3. The highest BCUT2D eigenvalue weighted by Crippen LogP contribution is 2.30. The second kappa shape index (κ2) is 5.74. The third-order valence-corrected chi connectivity index (χ3v) is 3.86. The van der Waals surface area contributed by atoms with Gasteiger partial charge in [0.2, 0.25) is 0 Å². The highest BCUT2D eigenvalue weighted by molar-refractivity contribution is 6.30. The van der Waals surface area contributed by atoms with Crippen LogP contribution in [0.5, 0.6) is 0 Å². The first-order valence-electron chi connectivity index (χ1n) is 6.40. The van der Waals surface area contributed by atoms with E-state index in [-0.39, 0.29) is 0 Å². The summed E-state index contributed by atoms with van der Waals surface area (Å²) in [6.07, 6.45) is 5.05. The van der Waals surface area contributed by atoms with Crippen LogP contribution in [0, 0.1) is 5.92 Å². The molecule has 17 heavy (non-hydrogen) atoms. The number of hydrogen-bond donors (Lipinski definition) is 1. The molecule has 0 unspecified atom stereocenters. The molecule has 1 saturated carbocycles. The zero-order valence-corrected chi connectivity index (χ0v) is 11.2. The maximum atomic E-state index is 6.04. The lowest BCUT2D eigenvalue weighted by Crippen LogP contribution is -2.30. The van der Waals surface area contributed by atoms with Crippen LogP contribution >= 0.6 is 11.6 Å². The van der Waals surface area contributed by atoms with Crippen molar-refractivity contribution in [3.63, 3.8) is 0 Å². The summed E-state index contributed by atoms with van der Waals surface area (Å²) in [4.78, 5) is 2.35. The van der Waals surface area contributed by atoms with Gasteiger partial charge in [0, 0.05) is 24.3 Å². The molecule has 3 heteroatoms. The van der Waals surface area contributed by atoms with Gasteiger partial charge in [-0.05, 0) is 55.5 Å². The Morgan fingerprint density at radius 1 is 1.41 bits per heavy atom. The summed E-state index contributed by atoms with van der Waals surface area (Å²) >= 11 is 6.04. The Balaban J connectivity index is 2.11. The van der Waals surface area contributed by atoms with E-state index in [4.69, 9.17) is 17.3 Å². The van der Waals surface area contributed by atoms with Gasteiger partial charge in [-0.3, -0.25) is 0 Å². The van der Waals surface area contributed by atoms with Crippen molar-refractivity contribution in [2.75, 3.05) is 25.0 Å². The summed E-state index contributed by atoms with van der Waals surface area (Å²) in [5.41, 5.74) is 8.21. The largest absolute Gasteiger partial charge is 0.374 e. The minimum absolute atomic E-state index is 0.671. The van der Waals surface area contributed by atoms with Crippen LogP contribution in [0.1, 0.15) is 24.8 Å². The van der Waals surface area contributed by atoms with E-state index in [1.807, 2.05) is 12.1 Å². The third-order valence-electron chi connectivity index (χ3n) is 3.62. The molecule has 1 aromatic rings. The molecule has 2 N–H and O–H groups in total. The maximum Gasteiger partial charge on any atom is 0.0410 e. The summed E-state index contributed by atoms with van der Waals surface area (Å²) in [5, 5.41) is 0.800. The van der Waals surface area contributed by atoms with Crippen molar-refractivity contribution in [2.24, 2.45) is 11.7 Å². The summed E-state index contributed by atoms with van der Waals surface area (Å²) in [5.74, 6) is 0.876. The molecule has 94 valence electrons. The Hall–Kier alpha value is -0.730. The topological polar surface area (TPSA) is 29.3 Å². The van der Waals surface area contributed by atoms with E-state index in [0.29, 0.717) is 6.54 Å². The van der Waals surface area contributed by atoms with Crippen LogP contribution in [0.3, 0.4) is 0 Å². The van der Waals surface area contributed by atoms with Crippen LogP contribution < -0.4 is 10.6 Å². The molecule has 0 radical (unpaired) electrons. The molecule has 0 aromatic heterocycles.